The maximum Gasteiger partial charge on any atom is 0.242 e. The largest absolute Gasteiger partial charge is 0.242 e. The van der Waals surface area contributed by atoms with Gasteiger partial charge in [-0.25, -0.2) is 13.1 Å². The Morgan fingerprint density at radius 1 is 1.15 bits per heavy atom. The van der Waals surface area contributed by atoms with Gasteiger partial charge in [-0.15, -0.1) is 0 Å². The van der Waals surface area contributed by atoms with E-state index in [0.717, 1.165) is 19.3 Å². The van der Waals surface area contributed by atoms with Gasteiger partial charge in [-0.1, -0.05) is 56.0 Å². The Labute approximate surface area is 131 Å². The molecule has 0 unspecified atom stereocenters. The van der Waals surface area contributed by atoms with Crippen LogP contribution in [0.1, 0.15) is 40.0 Å². The Balaban J connectivity index is 2.72. The van der Waals surface area contributed by atoms with E-state index in [-0.39, 0.29) is 21.0 Å². The lowest BCUT2D eigenvalue weighted by atomic mass is 10.0. The van der Waals surface area contributed by atoms with Crippen molar-refractivity contribution in [3.05, 3.63) is 28.2 Å². The van der Waals surface area contributed by atoms with E-state index in [0.29, 0.717) is 5.92 Å². The summed E-state index contributed by atoms with van der Waals surface area (Å²) in [7, 11) is -3.63. The molecule has 0 aromatic heterocycles. The van der Waals surface area contributed by atoms with E-state index in [1.54, 1.807) is 12.1 Å². The van der Waals surface area contributed by atoms with Gasteiger partial charge < -0.3 is 0 Å². The van der Waals surface area contributed by atoms with Gasteiger partial charge in [0.1, 0.15) is 4.90 Å². The van der Waals surface area contributed by atoms with E-state index in [4.69, 9.17) is 23.2 Å². The lowest BCUT2D eigenvalue weighted by Crippen LogP contribution is -2.32. The van der Waals surface area contributed by atoms with Gasteiger partial charge >= 0.3 is 0 Å². The van der Waals surface area contributed by atoms with Crippen molar-refractivity contribution in [3.8, 4) is 0 Å². The molecule has 0 aliphatic heterocycles. The molecule has 0 fully saturated rings. The second-order valence-corrected chi connectivity index (χ2v) is 7.87. The summed E-state index contributed by atoms with van der Waals surface area (Å²) < 4.78 is 27.2. The zero-order chi connectivity index (χ0) is 15.3. The maximum absolute atomic E-state index is 12.3. The van der Waals surface area contributed by atoms with E-state index in [1.165, 1.54) is 6.07 Å². The summed E-state index contributed by atoms with van der Waals surface area (Å²) in [6.07, 6.45) is 2.88. The van der Waals surface area contributed by atoms with Crippen molar-refractivity contribution in [2.75, 3.05) is 0 Å². The zero-order valence-corrected chi connectivity index (χ0v) is 14.3. The van der Waals surface area contributed by atoms with Crippen molar-refractivity contribution in [2.45, 2.75) is 51.0 Å². The van der Waals surface area contributed by atoms with Crippen LogP contribution in [0.4, 0.5) is 0 Å². The Kier molecular flexibility index (Phi) is 6.79. The van der Waals surface area contributed by atoms with Gasteiger partial charge in [-0.3, -0.25) is 0 Å². The molecule has 0 aliphatic rings. The third-order valence-electron chi connectivity index (χ3n) is 2.98. The average Bonchev–Trinajstić information content (AvgIpc) is 2.31. The van der Waals surface area contributed by atoms with Crippen LogP contribution >= 0.6 is 23.2 Å². The lowest BCUT2D eigenvalue weighted by Gasteiger charge is -2.15. The van der Waals surface area contributed by atoms with Gasteiger partial charge in [0.25, 0.3) is 0 Å². The highest BCUT2D eigenvalue weighted by atomic mass is 35.5. The minimum absolute atomic E-state index is 0.0300. The van der Waals surface area contributed by atoms with Crippen molar-refractivity contribution in [2.24, 2.45) is 5.92 Å². The highest BCUT2D eigenvalue weighted by Gasteiger charge is 2.21. The van der Waals surface area contributed by atoms with Crippen LogP contribution in [0.25, 0.3) is 0 Å². The summed E-state index contributed by atoms with van der Waals surface area (Å²) in [6, 6.07) is 4.47. The molecule has 0 spiro atoms. The molecule has 3 nitrogen and oxygen atoms in total. The summed E-state index contributed by atoms with van der Waals surface area (Å²) >= 11 is 11.8. The van der Waals surface area contributed by atoms with Crippen LogP contribution in [0.3, 0.4) is 0 Å². The first-order chi connectivity index (χ1) is 9.24. The van der Waals surface area contributed by atoms with E-state index in [9.17, 15) is 8.42 Å². The number of hydrogen-bond donors (Lipinski definition) is 1. The third kappa shape index (κ3) is 5.24. The minimum atomic E-state index is -3.63. The highest BCUT2D eigenvalue weighted by molar-refractivity contribution is 7.89. The Bertz CT molecular complexity index is 544. The first kappa shape index (κ1) is 17.8. The van der Waals surface area contributed by atoms with Crippen LogP contribution in [-0.2, 0) is 10.0 Å². The van der Waals surface area contributed by atoms with Crippen molar-refractivity contribution < 1.29 is 8.42 Å². The predicted octanol–water partition coefficient (Wildman–Crippen LogP) is 4.49. The molecule has 114 valence electrons. The summed E-state index contributed by atoms with van der Waals surface area (Å²) in [5.41, 5.74) is 0. The molecule has 0 bridgehead atoms. The first-order valence-corrected chi connectivity index (χ1v) is 8.94. The number of nitrogens with one attached hydrogen (secondary N) is 1. The summed E-state index contributed by atoms with van der Waals surface area (Å²) in [6.45, 7) is 6.16. The fraction of sp³-hybridized carbons (Fsp3) is 0.571. The fourth-order valence-corrected chi connectivity index (χ4v) is 3.95. The topological polar surface area (TPSA) is 46.2 Å². The van der Waals surface area contributed by atoms with Gasteiger partial charge in [0.2, 0.25) is 10.0 Å². The lowest BCUT2D eigenvalue weighted by molar-refractivity contribution is 0.488. The summed E-state index contributed by atoms with van der Waals surface area (Å²) in [5, 5.41) is 0.304. The van der Waals surface area contributed by atoms with Crippen LogP contribution < -0.4 is 4.72 Å². The Morgan fingerprint density at radius 3 is 2.40 bits per heavy atom. The molecule has 0 heterocycles. The number of rotatable bonds is 7. The second kappa shape index (κ2) is 7.64. The fourth-order valence-electron chi connectivity index (χ4n) is 1.91. The SMILES string of the molecule is CC(C)CCC[C@@H](C)NS(=O)(=O)c1cccc(Cl)c1Cl. The minimum Gasteiger partial charge on any atom is -0.208 e. The van der Waals surface area contributed by atoms with Gasteiger partial charge in [-0.2, -0.15) is 0 Å². The van der Waals surface area contributed by atoms with Crippen molar-refractivity contribution >= 4 is 33.2 Å². The molecule has 1 aromatic carbocycles. The van der Waals surface area contributed by atoms with Crippen molar-refractivity contribution in [1.29, 1.82) is 0 Å². The average molecular weight is 338 g/mol. The standard InChI is InChI=1S/C14H21Cl2NO2S/c1-10(2)6-4-7-11(3)17-20(18,19)13-9-5-8-12(15)14(13)16/h5,8-11,17H,4,6-7H2,1-3H3/t11-/m1/s1. The molecule has 1 aromatic rings. The maximum atomic E-state index is 12.3. The zero-order valence-electron chi connectivity index (χ0n) is 12.0. The van der Waals surface area contributed by atoms with E-state index < -0.39 is 10.0 Å². The molecular formula is C14H21Cl2NO2S. The quantitative estimate of drug-likeness (QED) is 0.796. The smallest absolute Gasteiger partial charge is 0.208 e. The molecule has 0 amide bonds. The molecule has 1 rings (SSSR count). The molecule has 0 aliphatic carbocycles. The van der Waals surface area contributed by atoms with E-state index in [2.05, 4.69) is 18.6 Å². The van der Waals surface area contributed by atoms with Gasteiger partial charge in [0.15, 0.2) is 0 Å². The molecule has 0 radical (unpaired) electrons. The number of hydrogen-bond acceptors (Lipinski definition) is 2. The van der Waals surface area contributed by atoms with Gasteiger partial charge in [-0.05, 0) is 31.4 Å². The molecular weight excluding hydrogens is 317 g/mol. The van der Waals surface area contributed by atoms with Crippen molar-refractivity contribution in [3.63, 3.8) is 0 Å². The molecule has 1 N–H and O–H groups in total. The first-order valence-electron chi connectivity index (χ1n) is 6.70. The molecule has 0 saturated heterocycles. The van der Waals surface area contributed by atoms with Crippen LogP contribution in [0, 0.1) is 5.92 Å². The number of halogens is 2. The highest BCUT2D eigenvalue weighted by Crippen LogP contribution is 2.29. The summed E-state index contributed by atoms with van der Waals surface area (Å²) in [5.74, 6) is 0.626. The Hall–Kier alpha value is -0.290. The van der Waals surface area contributed by atoms with Gasteiger partial charge in [0.05, 0.1) is 10.0 Å². The molecule has 20 heavy (non-hydrogen) atoms. The molecule has 6 heteroatoms. The molecule has 0 saturated carbocycles. The van der Waals surface area contributed by atoms with Crippen LogP contribution in [0.2, 0.25) is 10.0 Å². The Morgan fingerprint density at radius 2 is 1.80 bits per heavy atom. The van der Waals surface area contributed by atoms with Crippen LogP contribution in [0.15, 0.2) is 23.1 Å². The van der Waals surface area contributed by atoms with Gasteiger partial charge in [0, 0.05) is 6.04 Å². The van der Waals surface area contributed by atoms with Crippen LogP contribution in [-0.4, -0.2) is 14.5 Å². The normalized spacial score (nSPS) is 13.7. The molecule has 1 atom stereocenters. The predicted molar refractivity (Wildman–Crippen MR) is 84.9 cm³/mol. The van der Waals surface area contributed by atoms with E-state index in [1.807, 2.05) is 6.92 Å². The number of sulfonamides is 1. The second-order valence-electron chi connectivity index (χ2n) is 5.40. The third-order valence-corrected chi connectivity index (χ3v) is 5.54. The monoisotopic (exact) mass is 337 g/mol. The van der Waals surface area contributed by atoms with Crippen LogP contribution in [0.5, 0.6) is 0 Å². The number of benzene rings is 1. The summed E-state index contributed by atoms with van der Waals surface area (Å²) in [4.78, 5) is 0.0300. The van der Waals surface area contributed by atoms with E-state index >= 15 is 0 Å². The van der Waals surface area contributed by atoms with Crippen molar-refractivity contribution in [1.82, 2.24) is 4.72 Å².